The summed E-state index contributed by atoms with van der Waals surface area (Å²) in [7, 11) is 0. The molecule has 1 amide bonds. The predicted molar refractivity (Wildman–Crippen MR) is 70.3 cm³/mol. The molecule has 1 rings (SSSR count). The summed E-state index contributed by atoms with van der Waals surface area (Å²) in [5.41, 5.74) is 0. The van der Waals surface area contributed by atoms with Gasteiger partial charge in [-0.15, -0.1) is 0 Å². The molecule has 0 radical (unpaired) electrons. The first kappa shape index (κ1) is 15.0. The van der Waals surface area contributed by atoms with Crippen molar-refractivity contribution in [2.24, 2.45) is 5.92 Å². The number of carbonyl (C=O) groups is 2. The summed E-state index contributed by atoms with van der Waals surface area (Å²) in [5.74, 6) is -0.750. The van der Waals surface area contributed by atoms with Gasteiger partial charge in [-0.2, -0.15) is 0 Å². The molecule has 1 N–H and O–H groups in total. The Balaban J connectivity index is 2.49. The van der Waals surface area contributed by atoms with Crippen molar-refractivity contribution in [3.05, 3.63) is 0 Å². The van der Waals surface area contributed by atoms with Gasteiger partial charge in [0.25, 0.3) is 0 Å². The minimum Gasteiger partial charge on any atom is -0.481 e. The second kappa shape index (κ2) is 7.39. The monoisotopic (exact) mass is 255 g/mol. The highest BCUT2D eigenvalue weighted by molar-refractivity contribution is 5.77. The highest BCUT2D eigenvalue weighted by Crippen LogP contribution is 2.23. The number of carboxylic acid groups (broad SMARTS) is 1. The van der Waals surface area contributed by atoms with Crippen molar-refractivity contribution < 1.29 is 14.7 Å². The Hall–Kier alpha value is -1.06. The molecule has 0 bridgehead atoms. The van der Waals surface area contributed by atoms with Gasteiger partial charge in [0, 0.05) is 25.4 Å². The lowest BCUT2D eigenvalue weighted by molar-refractivity contribution is -0.139. The molecule has 4 nitrogen and oxygen atoms in total. The molecule has 18 heavy (non-hydrogen) atoms. The molecule has 0 saturated carbocycles. The first-order chi connectivity index (χ1) is 8.54. The average Bonchev–Trinajstić information content (AvgIpc) is 2.28. The molecule has 1 aliphatic rings. The molecule has 2 atom stereocenters. The lowest BCUT2D eigenvalue weighted by Crippen LogP contribution is -2.44. The van der Waals surface area contributed by atoms with Gasteiger partial charge in [0.05, 0.1) is 0 Å². The van der Waals surface area contributed by atoms with E-state index in [0.29, 0.717) is 12.5 Å². The van der Waals surface area contributed by atoms with Gasteiger partial charge in [-0.25, -0.2) is 0 Å². The van der Waals surface area contributed by atoms with E-state index in [0.717, 1.165) is 32.2 Å². The summed E-state index contributed by atoms with van der Waals surface area (Å²) in [6.07, 6.45) is 6.01. The zero-order chi connectivity index (χ0) is 13.5. The van der Waals surface area contributed by atoms with Crippen LogP contribution < -0.4 is 0 Å². The number of rotatable bonds is 6. The third-order valence-corrected chi connectivity index (χ3v) is 3.62. The molecule has 4 heteroatoms. The van der Waals surface area contributed by atoms with Crippen LogP contribution in [-0.4, -0.2) is 34.5 Å². The van der Waals surface area contributed by atoms with E-state index in [1.807, 2.05) is 11.8 Å². The maximum Gasteiger partial charge on any atom is 0.303 e. The third kappa shape index (κ3) is 4.67. The lowest BCUT2D eigenvalue weighted by Gasteiger charge is -2.36. The Morgan fingerprint density at radius 1 is 1.33 bits per heavy atom. The molecule has 0 aliphatic carbocycles. The van der Waals surface area contributed by atoms with Crippen LogP contribution in [0.1, 0.15) is 58.8 Å². The van der Waals surface area contributed by atoms with E-state index in [2.05, 4.69) is 6.92 Å². The summed E-state index contributed by atoms with van der Waals surface area (Å²) < 4.78 is 0. The van der Waals surface area contributed by atoms with Gasteiger partial charge >= 0.3 is 5.97 Å². The van der Waals surface area contributed by atoms with Gasteiger partial charge in [-0.3, -0.25) is 9.59 Å². The van der Waals surface area contributed by atoms with Gasteiger partial charge in [-0.1, -0.05) is 20.3 Å². The van der Waals surface area contributed by atoms with Crippen molar-refractivity contribution in [1.82, 2.24) is 4.90 Å². The first-order valence-electron chi connectivity index (χ1n) is 7.05. The molecular weight excluding hydrogens is 230 g/mol. The Morgan fingerprint density at radius 3 is 2.67 bits per heavy atom. The maximum absolute atomic E-state index is 12.2. The van der Waals surface area contributed by atoms with Gasteiger partial charge in [0.15, 0.2) is 0 Å². The standard InChI is InChI=1S/C14H25NO3/c1-3-6-12-7-4-5-8-15(12)13(16)9-11(2)10-14(17)18/h11-12H,3-10H2,1-2H3,(H,17,18). The zero-order valence-electron chi connectivity index (χ0n) is 11.5. The summed E-state index contributed by atoms with van der Waals surface area (Å²) in [5, 5.41) is 8.72. The van der Waals surface area contributed by atoms with Crippen molar-refractivity contribution in [3.8, 4) is 0 Å². The minimum atomic E-state index is -0.820. The van der Waals surface area contributed by atoms with Gasteiger partial charge in [0.2, 0.25) is 5.91 Å². The van der Waals surface area contributed by atoms with E-state index in [1.165, 1.54) is 6.42 Å². The van der Waals surface area contributed by atoms with E-state index in [-0.39, 0.29) is 18.2 Å². The molecule has 0 aromatic rings. The number of nitrogens with zero attached hydrogens (tertiary/aromatic N) is 1. The molecule has 0 aromatic heterocycles. The molecule has 1 aliphatic heterocycles. The van der Waals surface area contributed by atoms with Gasteiger partial charge in [0.1, 0.15) is 0 Å². The topological polar surface area (TPSA) is 57.6 Å². The fourth-order valence-corrected chi connectivity index (χ4v) is 2.75. The van der Waals surface area contributed by atoms with Crippen LogP contribution in [-0.2, 0) is 9.59 Å². The molecule has 0 spiro atoms. The summed E-state index contributed by atoms with van der Waals surface area (Å²) >= 11 is 0. The number of likely N-dealkylation sites (tertiary alicyclic amines) is 1. The van der Waals surface area contributed by atoms with E-state index < -0.39 is 5.97 Å². The number of hydrogen-bond acceptors (Lipinski definition) is 2. The minimum absolute atomic E-state index is 0.0702. The first-order valence-corrected chi connectivity index (χ1v) is 7.05. The van der Waals surface area contributed by atoms with Crippen LogP contribution in [0.5, 0.6) is 0 Å². The Kier molecular flexibility index (Phi) is 6.16. The summed E-state index contributed by atoms with van der Waals surface area (Å²) in [6.45, 7) is 4.83. The van der Waals surface area contributed by atoms with Crippen molar-refractivity contribution in [2.75, 3.05) is 6.54 Å². The fourth-order valence-electron chi connectivity index (χ4n) is 2.75. The average molecular weight is 255 g/mol. The van der Waals surface area contributed by atoms with Crippen LogP contribution in [0.3, 0.4) is 0 Å². The predicted octanol–water partition coefficient (Wildman–Crippen LogP) is 2.67. The molecular formula is C14H25NO3. The fraction of sp³-hybridized carbons (Fsp3) is 0.857. The number of carbonyl (C=O) groups excluding carboxylic acids is 1. The number of carboxylic acids is 1. The highest BCUT2D eigenvalue weighted by atomic mass is 16.4. The number of hydrogen-bond donors (Lipinski definition) is 1. The Morgan fingerprint density at radius 2 is 2.06 bits per heavy atom. The highest BCUT2D eigenvalue weighted by Gasteiger charge is 2.26. The number of amides is 1. The molecule has 104 valence electrons. The Labute approximate surface area is 109 Å². The molecule has 1 saturated heterocycles. The van der Waals surface area contributed by atoms with Crippen LogP contribution in [0.4, 0.5) is 0 Å². The van der Waals surface area contributed by atoms with Crippen molar-refractivity contribution in [1.29, 1.82) is 0 Å². The Bertz CT molecular complexity index is 289. The van der Waals surface area contributed by atoms with Crippen molar-refractivity contribution in [3.63, 3.8) is 0 Å². The van der Waals surface area contributed by atoms with E-state index >= 15 is 0 Å². The molecule has 0 aromatic carbocycles. The smallest absolute Gasteiger partial charge is 0.303 e. The second-order valence-corrected chi connectivity index (χ2v) is 5.43. The molecule has 1 fully saturated rings. The van der Waals surface area contributed by atoms with Crippen LogP contribution in [0.2, 0.25) is 0 Å². The molecule has 1 heterocycles. The zero-order valence-corrected chi connectivity index (χ0v) is 11.5. The molecule has 2 unspecified atom stereocenters. The van der Waals surface area contributed by atoms with Crippen LogP contribution >= 0.6 is 0 Å². The van der Waals surface area contributed by atoms with Crippen LogP contribution in [0, 0.1) is 5.92 Å². The van der Waals surface area contributed by atoms with Crippen LogP contribution in [0.25, 0.3) is 0 Å². The quantitative estimate of drug-likeness (QED) is 0.793. The van der Waals surface area contributed by atoms with E-state index in [9.17, 15) is 9.59 Å². The normalized spacial score (nSPS) is 21.7. The SMILES string of the molecule is CCCC1CCCCN1C(=O)CC(C)CC(=O)O. The van der Waals surface area contributed by atoms with Crippen molar-refractivity contribution >= 4 is 11.9 Å². The lowest BCUT2D eigenvalue weighted by atomic mass is 9.96. The largest absolute Gasteiger partial charge is 0.481 e. The second-order valence-electron chi connectivity index (χ2n) is 5.43. The third-order valence-electron chi connectivity index (χ3n) is 3.62. The number of piperidine rings is 1. The van der Waals surface area contributed by atoms with Gasteiger partial charge in [-0.05, 0) is 31.6 Å². The van der Waals surface area contributed by atoms with E-state index in [1.54, 1.807) is 0 Å². The van der Waals surface area contributed by atoms with Gasteiger partial charge < -0.3 is 10.0 Å². The van der Waals surface area contributed by atoms with Crippen molar-refractivity contribution in [2.45, 2.75) is 64.8 Å². The van der Waals surface area contributed by atoms with E-state index in [4.69, 9.17) is 5.11 Å². The summed E-state index contributed by atoms with van der Waals surface area (Å²) in [4.78, 5) is 24.8. The van der Waals surface area contributed by atoms with Crippen LogP contribution in [0.15, 0.2) is 0 Å². The number of aliphatic carboxylic acids is 1. The maximum atomic E-state index is 12.2. The summed E-state index contributed by atoms with van der Waals surface area (Å²) in [6, 6.07) is 0.383.